The van der Waals surface area contributed by atoms with Crippen molar-refractivity contribution in [1.82, 2.24) is 14.9 Å². The Morgan fingerprint density at radius 3 is 2.65 bits per heavy atom. The molecule has 0 aliphatic rings. The van der Waals surface area contributed by atoms with Crippen LogP contribution in [0.15, 0.2) is 46.9 Å². The third-order valence-electron chi connectivity index (χ3n) is 3.84. The predicted octanol–water partition coefficient (Wildman–Crippen LogP) is 4.34. The number of ether oxygens (including phenoxy) is 2. The molecule has 0 spiro atoms. The summed E-state index contributed by atoms with van der Waals surface area (Å²) in [5, 5.41) is 6.83. The topological polar surface area (TPSA) is 64.1 Å². The second-order valence-electron chi connectivity index (χ2n) is 5.62. The van der Waals surface area contributed by atoms with Crippen molar-refractivity contribution in [3.63, 3.8) is 0 Å². The van der Waals surface area contributed by atoms with Crippen LogP contribution in [0.3, 0.4) is 0 Å². The molecule has 0 saturated carbocycles. The third kappa shape index (κ3) is 4.25. The molecule has 2 aromatic carbocycles. The lowest BCUT2D eigenvalue weighted by atomic mass is 10.2. The van der Waals surface area contributed by atoms with E-state index in [-0.39, 0.29) is 0 Å². The molecule has 0 fully saturated rings. The first-order chi connectivity index (χ1) is 12.6. The van der Waals surface area contributed by atoms with Gasteiger partial charge in [-0.15, -0.1) is 0 Å². The van der Waals surface area contributed by atoms with Crippen LogP contribution in [0.2, 0.25) is 0 Å². The van der Waals surface area contributed by atoms with Gasteiger partial charge in [0.15, 0.2) is 11.5 Å². The van der Waals surface area contributed by atoms with Gasteiger partial charge >= 0.3 is 0 Å². The molecular formula is C18H19BrN4O2S. The number of aromatic amines is 1. The fraction of sp³-hybridized carbons (Fsp3) is 0.222. The first-order valence-electron chi connectivity index (χ1n) is 7.99. The number of hydrogen-bond acceptors (Lipinski definition) is 5. The Balaban J connectivity index is 1.75. The Morgan fingerprint density at radius 1 is 1.23 bits per heavy atom. The highest BCUT2D eigenvalue weighted by atomic mass is 79.9. The number of H-pyrrole nitrogens is 1. The minimum absolute atomic E-state index is 0.477. The van der Waals surface area contributed by atoms with Gasteiger partial charge in [0.25, 0.3) is 0 Å². The molecule has 8 heteroatoms. The van der Waals surface area contributed by atoms with Gasteiger partial charge in [0.2, 0.25) is 4.77 Å². The molecule has 0 aliphatic heterocycles. The molecule has 0 aliphatic carbocycles. The molecule has 26 heavy (non-hydrogen) atoms. The molecule has 3 aromatic rings. The molecule has 0 saturated heterocycles. The largest absolute Gasteiger partial charge is 0.493 e. The molecule has 6 nitrogen and oxygen atoms in total. The zero-order valence-corrected chi connectivity index (χ0v) is 16.9. The van der Waals surface area contributed by atoms with Gasteiger partial charge in [-0.05, 0) is 42.4 Å². The minimum atomic E-state index is 0.477. The van der Waals surface area contributed by atoms with Crippen LogP contribution in [0.5, 0.6) is 11.5 Å². The van der Waals surface area contributed by atoms with Crippen LogP contribution < -0.4 is 14.9 Å². The number of nitrogens with one attached hydrogen (secondary N) is 2. The molecular weight excluding hydrogens is 416 g/mol. The van der Waals surface area contributed by atoms with Gasteiger partial charge in [-0.1, -0.05) is 46.3 Å². The smallest absolute Gasteiger partial charge is 0.214 e. The van der Waals surface area contributed by atoms with E-state index in [1.807, 2.05) is 49.4 Å². The lowest BCUT2D eigenvalue weighted by Crippen LogP contribution is -2.16. The average Bonchev–Trinajstić information content (AvgIpc) is 2.98. The lowest BCUT2D eigenvalue weighted by molar-refractivity contribution is 0.284. The maximum atomic E-state index is 5.93. The Morgan fingerprint density at radius 2 is 2.00 bits per heavy atom. The van der Waals surface area contributed by atoms with Crippen molar-refractivity contribution >= 4 is 28.1 Å². The molecule has 0 radical (unpaired) electrons. The predicted molar refractivity (Wildman–Crippen MR) is 107 cm³/mol. The van der Waals surface area contributed by atoms with Crippen LogP contribution in [-0.2, 0) is 13.2 Å². The van der Waals surface area contributed by atoms with Gasteiger partial charge in [0.1, 0.15) is 12.4 Å². The summed E-state index contributed by atoms with van der Waals surface area (Å²) in [5.41, 5.74) is 5.35. The van der Waals surface area contributed by atoms with Crippen LogP contribution in [-0.4, -0.2) is 22.0 Å². The van der Waals surface area contributed by atoms with Gasteiger partial charge in [-0.25, -0.2) is 4.68 Å². The fourth-order valence-corrected chi connectivity index (χ4v) is 3.15. The SMILES string of the molecule is COc1cc(CNn2c(C)n[nH]c2=S)c(Br)cc1OCc1ccccc1. The molecule has 0 atom stereocenters. The summed E-state index contributed by atoms with van der Waals surface area (Å²) >= 11 is 8.80. The molecule has 1 heterocycles. The summed E-state index contributed by atoms with van der Waals surface area (Å²) in [6, 6.07) is 13.9. The lowest BCUT2D eigenvalue weighted by Gasteiger charge is -2.15. The molecule has 0 amide bonds. The van der Waals surface area contributed by atoms with Crippen LogP contribution in [0.4, 0.5) is 0 Å². The van der Waals surface area contributed by atoms with Gasteiger partial charge in [0, 0.05) is 4.47 Å². The summed E-state index contributed by atoms with van der Waals surface area (Å²) < 4.78 is 14.6. The van der Waals surface area contributed by atoms with E-state index < -0.39 is 0 Å². The average molecular weight is 435 g/mol. The molecule has 136 valence electrons. The summed E-state index contributed by atoms with van der Waals surface area (Å²) in [6.45, 7) is 2.89. The van der Waals surface area contributed by atoms with Crippen LogP contribution in [0.25, 0.3) is 0 Å². The monoisotopic (exact) mass is 434 g/mol. The van der Waals surface area contributed by atoms with Gasteiger partial charge < -0.3 is 14.9 Å². The maximum Gasteiger partial charge on any atom is 0.214 e. The molecule has 3 rings (SSSR count). The second-order valence-corrected chi connectivity index (χ2v) is 6.86. The van der Waals surface area contributed by atoms with E-state index in [9.17, 15) is 0 Å². The highest BCUT2D eigenvalue weighted by Crippen LogP contribution is 2.34. The van der Waals surface area contributed by atoms with E-state index in [0.717, 1.165) is 21.4 Å². The van der Waals surface area contributed by atoms with E-state index in [4.69, 9.17) is 21.7 Å². The Hall–Kier alpha value is -2.32. The number of aromatic nitrogens is 3. The van der Waals surface area contributed by atoms with Crippen molar-refractivity contribution in [3.8, 4) is 11.5 Å². The number of aryl methyl sites for hydroxylation is 1. The number of halogens is 1. The van der Waals surface area contributed by atoms with E-state index in [2.05, 4.69) is 31.6 Å². The van der Waals surface area contributed by atoms with Gasteiger partial charge in [-0.3, -0.25) is 5.10 Å². The van der Waals surface area contributed by atoms with E-state index in [1.54, 1.807) is 11.8 Å². The first kappa shape index (κ1) is 18.5. The van der Waals surface area contributed by atoms with Crippen molar-refractivity contribution in [3.05, 3.63) is 68.7 Å². The van der Waals surface area contributed by atoms with Crippen molar-refractivity contribution < 1.29 is 9.47 Å². The Labute approximate surface area is 165 Å². The van der Waals surface area contributed by atoms with Crippen molar-refractivity contribution in [2.24, 2.45) is 0 Å². The highest BCUT2D eigenvalue weighted by molar-refractivity contribution is 9.10. The minimum Gasteiger partial charge on any atom is -0.493 e. The zero-order valence-electron chi connectivity index (χ0n) is 14.5. The van der Waals surface area contributed by atoms with Crippen molar-refractivity contribution in [2.45, 2.75) is 20.1 Å². The van der Waals surface area contributed by atoms with Gasteiger partial charge in [-0.2, -0.15) is 5.10 Å². The summed E-state index contributed by atoms with van der Waals surface area (Å²) in [6.07, 6.45) is 0. The second kappa shape index (κ2) is 8.37. The number of methoxy groups -OCH3 is 1. The van der Waals surface area contributed by atoms with E-state index in [1.165, 1.54) is 0 Å². The normalized spacial score (nSPS) is 10.6. The number of hydrogen-bond donors (Lipinski definition) is 2. The van der Waals surface area contributed by atoms with Crippen LogP contribution in [0, 0.1) is 11.7 Å². The number of nitrogens with zero attached hydrogens (tertiary/aromatic N) is 2. The Bertz CT molecular complexity index is 940. The third-order valence-corrected chi connectivity index (χ3v) is 4.85. The number of rotatable bonds is 7. The van der Waals surface area contributed by atoms with Crippen molar-refractivity contribution in [1.29, 1.82) is 0 Å². The fourth-order valence-electron chi connectivity index (χ4n) is 2.45. The van der Waals surface area contributed by atoms with Crippen molar-refractivity contribution in [2.75, 3.05) is 12.5 Å². The van der Waals surface area contributed by atoms with Gasteiger partial charge in [0.05, 0.1) is 13.7 Å². The van der Waals surface area contributed by atoms with E-state index in [0.29, 0.717) is 29.4 Å². The summed E-state index contributed by atoms with van der Waals surface area (Å²) in [5.74, 6) is 2.12. The summed E-state index contributed by atoms with van der Waals surface area (Å²) in [7, 11) is 1.63. The first-order valence-corrected chi connectivity index (χ1v) is 9.19. The Kier molecular flexibility index (Phi) is 5.95. The quantitative estimate of drug-likeness (QED) is 0.541. The number of benzene rings is 2. The van der Waals surface area contributed by atoms with Crippen LogP contribution in [0.1, 0.15) is 17.0 Å². The molecule has 2 N–H and O–H groups in total. The highest BCUT2D eigenvalue weighted by Gasteiger charge is 2.11. The standard InChI is InChI=1S/C18H19BrN4O2S/c1-12-21-22-18(26)23(12)20-10-14-8-16(24-2)17(9-15(14)19)25-11-13-6-4-3-5-7-13/h3-9,20H,10-11H2,1-2H3,(H,22,26). The zero-order chi connectivity index (χ0) is 18.5. The van der Waals surface area contributed by atoms with Crippen LogP contribution >= 0.6 is 28.1 Å². The maximum absolute atomic E-state index is 5.93. The summed E-state index contributed by atoms with van der Waals surface area (Å²) in [4.78, 5) is 0. The molecule has 0 unspecified atom stereocenters. The molecule has 0 bridgehead atoms. The van der Waals surface area contributed by atoms with E-state index >= 15 is 0 Å². The molecule has 1 aromatic heterocycles.